The molecule has 0 saturated heterocycles. The second-order valence-corrected chi connectivity index (χ2v) is 9.87. The average Bonchev–Trinajstić information content (AvgIpc) is 3.28. The number of nitrogens with one attached hydrogen (secondary N) is 3. The molecule has 0 saturated carbocycles. The van der Waals surface area contributed by atoms with Gasteiger partial charge >= 0.3 is 0 Å². The van der Waals surface area contributed by atoms with Gasteiger partial charge in [-0.3, -0.25) is 9.52 Å². The van der Waals surface area contributed by atoms with Crippen molar-refractivity contribution in [3.8, 4) is 0 Å². The number of thiazole rings is 1. The second-order valence-electron chi connectivity index (χ2n) is 6.67. The molecule has 1 aliphatic rings. The second kappa shape index (κ2) is 8.94. The van der Waals surface area contributed by atoms with Crippen molar-refractivity contribution >= 4 is 62.2 Å². The van der Waals surface area contributed by atoms with Crippen molar-refractivity contribution in [3.05, 3.63) is 57.3 Å². The Labute approximate surface area is 188 Å². The number of carbonyl (C=O) groups is 1. The fraction of sp³-hybridized carbons (Fsp3) is 0.222. The smallest absolute Gasteiger partial charge is 0.284 e. The van der Waals surface area contributed by atoms with Gasteiger partial charge in [0, 0.05) is 52.7 Å². The number of rotatable bonds is 5. The zero-order valence-electron chi connectivity index (χ0n) is 15.8. The maximum atomic E-state index is 12.4. The van der Waals surface area contributed by atoms with Gasteiger partial charge in [0.1, 0.15) is 0 Å². The zero-order chi connectivity index (χ0) is 20.6. The van der Waals surface area contributed by atoms with Crippen LogP contribution in [0.3, 0.4) is 0 Å². The summed E-state index contributed by atoms with van der Waals surface area (Å²) in [6.45, 7) is 1.70. The van der Waals surface area contributed by atoms with Crippen LogP contribution in [0.15, 0.2) is 41.7 Å². The Hall–Kier alpha value is -2.11. The first-order valence-corrected chi connectivity index (χ1v) is 11.4. The van der Waals surface area contributed by atoms with Gasteiger partial charge in [0.25, 0.3) is 15.9 Å². The predicted octanol–water partition coefficient (Wildman–Crippen LogP) is 2.87. The molecule has 160 valence electrons. The van der Waals surface area contributed by atoms with Crippen molar-refractivity contribution in [2.45, 2.75) is 18.0 Å². The number of aromatic amines is 1. The van der Waals surface area contributed by atoms with Crippen molar-refractivity contribution in [2.75, 3.05) is 13.6 Å². The first kappa shape index (κ1) is 22.6. The van der Waals surface area contributed by atoms with Crippen molar-refractivity contribution < 1.29 is 13.2 Å². The van der Waals surface area contributed by atoms with Gasteiger partial charge in [0.15, 0.2) is 10.0 Å². The minimum atomic E-state index is -3.81. The average molecular weight is 488 g/mol. The van der Waals surface area contributed by atoms with Crippen LogP contribution in [0.1, 0.15) is 20.4 Å². The number of hydrogen-bond donors (Lipinski definition) is 3. The molecule has 0 spiro atoms. The molecule has 3 heterocycles. The minimum Gasteiger partial charge on any atom is -0.344 e. The van der Waals surface area contributed by atoms with Crippen molar-refractivity contribution in [1.82, 2.24) is 24.9 Å². The summed E-state index contributed by atoms with van der Waals surface area (Å²) in [4.78, 5) is 22.7. The maximum absolute atomic E-state index is 12.4. The third kappa shape index (κ3) is 4.79. The van der Waals surface area contributed by atoms with Crippen LogP contribution < -0.4 is 10.0 Å². The molecule has 0 radical (unpaired) electrons. The summed E-state index contributed by atoms with van der Waals surface area (Å²) in [7, 11) is -1.78. The Morgan fingerprint density at radius 3 is 2.93 bits per heavy atom. The van der Waals surface area contributed by atoms with E-state index >= 15 is 0 Å². The number of fused-ring (bicyclic) bond motifs is 2. The van der Waals surface area contributed by atoms with E-state index in [4.69, 9.17) is 11.6 Å². The summed E-state index contributed by atoms with van der Waals surface area (Å²) in [5, 5.41) is 4.11. The number of H-pyrrole nitrogens is 1. The van der Waals surface area contributed by atoms with E-state index in [1.165, 1.54) is 23.6 Å². The lowest BCUT2D eigenvalue weighted by atomic mass is 10.2. The molecule has 0 unspecified atom stereocenters. The fourth-order valence-electron chi connectivity index (χ4n) is 3.01. The molecule has 1 aliphatic heterocycles. The topological polar surface area (TPSA) is 107 Å². The number of carbonyl (C=O) groups excluding carboxylic acids is 1. The van der Waals surface area contributed by atoms with Gasteiger partial charge in [0.05, 0.1) is 5.69 Å². The van der Waals surface area contributed by atoms with Gasteiger partial charge in [-0.1, -0.05) is 11.6 Å². The number of hydrogen-bond acceptors (Lipinski definition) is 6. The normalized spacial score (nSPS) is 14.5. The van der Waals surface area contributed by atoms with Crippen LogP contribution in [0.2, 0.25) is 5.02 Å². The fourth-order valence-corrected chi connectivity index (χ4v) is 5.18. The summed E-state index contributed by atoms with van der Waals surface area (Å²) >= 11 is 7.29. The lowest BCUT2D eigenvalue weighted by Crippen LogP contribution is -2.25. The van der Waals surface area contributed by atoms with E-state index in [0.717, 1.165) is 36.3 Å². The molecule has 0 fully saturated rings. The van der Waals surface area contributed by atoms with Crippen LogP contribution in [-0.4, -0.2) is 42.8 Å². The van der Waals surface area contributed by atoms with Crippen LogP contribution in [0.5, 0.6) is 0 Å². The van der Waals surface area contributed by atoms with Gasteiger partial charge in [-0.05, 0) is 31.3 Å². The minimum absolute atomic E-state index is 0. The molecular weight excluding hydrogens is 469 g/mol. The standard InChI is InChI=1S/C18H18ClN5O3S2.ClH/c1-24-7-4-14-15(10-24)28-18(23-14)17(25)20-5-6-21-29(26,27)16-9-11-8-12(19)2-3-13(11)22-16;/h2-3,5-6,8-9,21-22H,4,7,10H2,1H3,(H,20,25);1H/b6-5+;. The van der Waals surface area contributed by atoms with E-state index in [2.05, 4.69) is 24.9 Å². The zero-order valence-corrected chi connectivity index (χ0v) is 19.0. The molecule has 0 aliphatic carbocycles. The summed E-state index contributed by atoms with van der Waals surface area (Å²) < 4.78 is 27.1. The van der Waals surface area contributed by atoms with E-state index in [1.807, 2.05) is 7.05 Å². The van der Waals surface area contributed by atoms with Gasteiger partial charge in [-0.25, -0.2) is 4.98 Å². The number of amides is 1. The molecule has 2 aromatic heterocycles. The summed E-state index contributed by atoms with van der Waals surface area (Å²) in [6.07, 6.45) is 3.22. The van der Waals surface area contributed by atoms with Crippen molar-refractivity contribution in [2.24, 2.45) is 0 Å². The number of sulfonamides is 1. The Bertz CT molecular complexity index is 1220. The van der Waals surface area contributed by atoms with E-state index in [-0.39, 0.29) is 23.3 Å². The van der Waals surface area contributed by atoms with Crippen LogP contribution in [-0.2, 0) is 23.0 Å². The molecule has 3 N–H and O–H groups in total. The lowest BCUT2D eigenvalue weighted by Gasteiger charge is -2.20. The highest BCUT2D eigenvalue weighted by Crippen LogP contribution is 2.24. The molecule has 1 aromatic carbocycles. The van der Waals surface area contributed by atoms with Gasteiger partial charge in [-0.15, -0.1) is 23.7 Å². The highest BCUT2D eigenvalue weighted by atomic mass is 35.5. The Kier molecular flexibility index (Phi) is 6.73. The molecule has 3 aromatic rings. The summed E-state index contributed by atoms with van der Waals surface area (Å²) in [5.41, 5.74) is 1.62. The molecule has 0 atom stereocenters. The van der Waals surface area contributed by atoms with Crippen LogP contribution in [0, 0.1) is 0 Å². The Balaban J connectivity index is 0.00000256. The Morgan fingerprint density at radius 1 is 1.33 bits per heavy atom. The van der Waals surface area contributed by atoms with E-state index in [1.54, 1.807) is 18.2 Å². The lowest BCUT2D eigenvalue weighted by molar-refractivity contribution is 0.0969. The number of benzene rings is 1. The summed E-state index contributed by atoms with van der Waals surface area (Å²) in [5.74, 6) is -0.372. The van der Waals surface area contributed by atoms with Gasteiger partial charge in [0.2, 0.25) is 0 Å². The SMILES string of the molecule is CN1CCc2nc(C(=O)N/C=C/NS(=O)(=O)c3cc4cc(Cl)ccc4[nH]3)sc2C1.Cl. The maximum Gasteiger partial charge on any atom is 0.284 e. The molecule has 0 bridgehead atoms. The third-order valence-corrected chi connectivity index (χ3v) is 7.05. The molecule has 4 rings (SSSR count). The number of halogens is 2. The summed E-state index contributed by atoms with van der Waals surface area (Å²) in [6, 6.07) is 6.55. The third-order valence-electron chi connectivity index (χ3n) is 4.48. The highest BCUT2D eigenvalue weighted by Gasteiger charge is 2.21. The van der Waals surface area contributed by atoms with Gasteiger partial charge < -0.3 is 15.2 Å². The van der Waals surface area contributed by atoms with E-state index in [9.17, 15) is 13.2 Å². The van der Waals surface area contributed by atoms with E-state index in [0.29, 0.717) is 20.9 Å². The molecule has 30 heavy (non-hydrogen) atoms. The monoisotopic (exact) mass is 487 g/mol. The number of nitrogens with zero attached hydrogens (tertiary/aromatic N) is 2. The molecule has 8 nitrogen and oxygen atoms in total. The largest absolute Gasteiger partial charge is 0.344 e. The Morgan fingerprint density at radius 2 is 2.13 bits per heavy atom. The van der Waals surface area contributed by atoms with Gasteiger partial charge in [-0.2, -0.15) is 8.42 Å². The number of aromatic nitrogens is 2. The van der Waals surface area contributed by atoms with Crippen molar-refractivity contribution in [1.29, 1.82) is 0 Å². The van der Waals surface area contributed by atoms with Crippen LogP contribution >= 0.6 is 35.3 Å². The molecular formula is C18H19Cl2N5O3S2. The molecule has 1 amide bonds. The van der Waals surface area contributed by atoms with E-state index < -0.39 is 10.0 Å². The number of likely N-dealkylation sites (N-methyl/N-ethyl adjacent to an activating group) is 1. The molecule has 12 heteroatoms. The first-order valence-electron chi connectivity index (χ1n) is 8.75. The van der Waals surface area contributed by atoms with Crippen LogP contribution in [0.4, 0.5) is 0 Å². The first-order chi connectivity index (χ1) is 13.8. The quantitative estimate of drug-likeness (QED) is 0.512. The predicted molar refractivity (Wildman–Crippen MR) is 120 cm³/mol. The van der Waals surface area contributed by atoms with Crippen LogP contribution in [0.25, 0.3) is 10.9 Å². The van der Waals surface area contributed by atoms with Crippen molar-refractivity contribution in [3.63, 3.8) is 0 Å². The highest BCUT2D eigenvalue weighted by molar-refractivity contribution is 7.89.